The van der Waals surface area contributed by atoms with Crippen molar-refractivity contribution in [3.63, 3.8) is 0 Å². The molecular weight excluding hydrogens is 226 g/mol. The molecule has 4 nitrogen and oxygen atoms in total. The molecule has 94 valence electrons. The molecule has 1 heterocycles. The minimum absolute atomic E-state index is 0.636. The van der Waals surface area contributed by atoms with Crippen molar-refractivity contribution >= 4 is 17.2 Å². The van der Waals surface area contributed by atoms with Gasteiger partial charge in [-0.2, -0.15) is 0 Å². The summed E-state index contributed by atoms with van der Waals surface area (Å²) in [5.41, 5.74) is 9.66. The van der Waals surface area contributed by atoms with Crippen LogP contribution in [0.25, 0.3) is 0 Å². The van der Waals surface area contributed by atoms with E-state index in [1.165, 1.54) is 0 Å². The Balaban J connectivity index is 2.33. The fourth-order valence-corrected chi connectivity index (χ4v) is 1.69. The van der Waals surface area contributed by atoms with E-state index in [2.05, 4.69) is 10.3 Å². The van der Waals surface area contributed by atoms with Crippen LogP contribution in [0.1, 0.15) is 11.1 Å². The van der Waals surface area contributed by atoms with Gasteiger partial charge in [-0.25, -0.2) is 4.98 Å². The number of nitrogens with zero attached hydrogens (tertiary/aromatic N) is 1. The highest BCUT2D eigenvalue weighted by atomic mass is 16.5. The molecule has 0 bridgehead atoms. The smallest absolute Gasteiger partial charge is 0.153 e. The predicted molar refractivity (Wildman–Crippen MR) is 74.4 cm³/mol. The van der Waals surface area contributed by atoms with Gasteiger partial charge >= 0.3 is 0 Å². The van der Waals surface area contributed by atoms with Gasteiger partial charge in [-0.1, -0.05) is 6.07 Å². The lowest BCUT2D eigenvalue weighted by molar-refractivity contribution is 0.415. The van der Waals surface area contributed by atoms with Gasteiger partial charge in [-0.05, 0) is 37.1 Å². The van der Waals surface area contributed by atoms with Crippen LogP contribution in [0.3, 0.4) is 0 Å². The van der Waals surface area contributed by atoms with E-state index in [1.54, 1.807) is 13.3 Å². The molecule has 1 aromatic carbocycles. The Morgan fingerprint density at radius 1 is 1.22 bits per heavy atom. The van der Waals surface area contributed by atoms with Crippen LogP contribution in [0.2, 0.25) is 0 Å². The number of rotatable bonds is 3. The molecule has 0 saturated carbocycles. The number of pyridine rings is 1. The van der Waals surface area contributed by atoms with Crippen molar-refractivity contribution < 1.29 is 4.74 Å². The Kier molecular flexibility index (Phi) is 3.37. The monoisotopic (exact) mass is 243 g/mol. The number of nitrogens with one attached hydrogen (secondary N) is 1. The third-order valence-electron chi connectivity index (χ3n) is 2.75. The quantitative estimate of drug-likeness (QED) is 0.869. The first-order valence-corrected chi connectivity index (χ1v) is 5.74. The van der Waals surface area contributed by atoms with Crippen LogP contribution >= 0.6 is 0 Å². The highest BCUT2D eigenvalue weighted by molar-refractivity contribution is 5.71. The second kappa shape index (κ2) is 4.96. The molecule has 3 N–H and O–H groups in total. The summed E-state index contributed by atoms with van der Waals surface area (Å²) < 4.78 is 5.21. The second-order valence-corrected chi connectivity index (χ2v) is 4.26. The van der Waals surface area contributed by atoms with Crippen LogP contribution < -0.4 is 15.8 Å². The topological polar surface area (TPSA) is 60.2 Å². The van der Waals surface area contributed by atoms with Crippen molar-refractivity contribution in [2.24, 2.45) is 0 Å². The summed E-state index contributed by atoms with van der Waals surface area (Å²) in [4.78, 5) is 4.29. The lowest BCUT2D eigenvalue weighted by Crippen LogP contribution is -2.01. The molecule has 0 aliphatic rings. The van der Waals surface area contributed by atoms with E-state index in [-0.39, 0.29) is 0 Å². The van der Waals surface area contributed by atoms with Crippen molar-refractivity contribution in [3.8, 4) is 5.75 Å². The average Bonchev–Trinajstić information content (AvgIpc) is 2.35. The van der Waals surface area contributed by atoms with Gasteiger partial charge in [0.2, 0.25) is 0 Å². The van der Waals surface area contributed by atoms with Crippen LogP contribution in [-0.4, -0.2) is 12.1 Å². The molecular formula is C14H17N3O. The number of nitrogens with two attached hydrogens (primary N) is 1. The number of ether oxygens (including phenoxy) is 1. The molecule has 0 unspecified atom stereocenters. The zero-order valence-corrected chi connectivity index (χ0v) is 10.8. The van der Waals surface area contributed by atoms with E-state index in [4.69, 9.17) is 10.5 Å². The van der Waals surface area contributed by atoms with Crippen LogP contribution in [0.4, 0.5) is 17.2 Å². The zero-order valence-electron chi connectivity index (χ0n) is 10.8. The maximum atomic E-state index is 5.93. The van der Waals surface area contributed by atoms with E-state index < -0.39 is 0 Å². The summed E-state index contributed by atoms with van der Waals surface area (Å²) in [6, 6.07) is 7.74. The van der Waals surface area contributed by atoms with Crippen LogP contribution in [0, 0.1) is 13.8 Å². The Morgan fingerprint density at radius 2 is 2.00 bits per heavy atom. The standard InChI is InChI=1S/C14H17N3O/c1-9-6-12(15)14(16-8-9)17-13-7-11(18-3)5-4-10(13)2/h4-8H,15H2,1-3H3,(H,16,17). The molecule has 4 heteroatoms. The highest BCUT2D eigenvalue weighted by Gasteiger charge is 2.05. The first kappa shape index (κ1) is 12.2. The molecule has 0 spiro atoms. The normalized spacial score (nSPS) is 10.2. The highest BCUT2D eigenvalue weighted by Crippen LogP contribution is 2.27. The third kappa shape index (κ3) is 2.53. The zero-order chi connectivity index (χ0) is 13.1. The Labute approximate surface area is 107 Å². The fourth-order valence-electron chi connectivity index (χ4n) is 1.69. The molecule has 0 aliphatic heterocycles. The van der Waals surface area contributed by atoms with Gasteiger partial charge < -0.3 is 15.8 Å². The van der Waals surface area contributed by atoms with Crippen molar-refractivity contribution in [2.45, 2.75) is 13.8 Å². The van der Waals surface area contributed by atoms with Gasteiger partial charge in [0, 0.05) is 18.0 Å². The third-order valence-corrected chi connectivity index (χ3v) is 2.75. The van der Waals surface area contributed by atoms with Crippen molar-refractivity contribution in [2.75, 3.05) is 18.2 Å². The molecule has 0 saturated heterocycles. The molecule has 2 rings (SSSR count). The first-order valence-electron chi connectivity index (χ1n) is 5.74. The van der Waals surface area contributed by atoms with Gasteiger partial charge in [0.25, 0.3) is 0 Å². The maximum absolute atomic E-state index is 5.93. The van der Waals surface area contributed by atoms with Gasteiger partial charge in [0.05, 0.1) is 12.8 Å². The summed E-state index contributed by atoms with van der Waals surface area (Å²) in [5.74, 6) is 1.46. The number of hydrogen-bond donors (Lipinski definition) is 2. The van der Waals surface area contributed by atoms with Gasteiger partial charge in [-0.15, -0.1) is 0 Å². The fraction of sp³-hybridized carbons (Fsp3) is 0.214. The summed E-state index contributed by atoms with van der Waals surface area (Å²) >= 11 is 0. The van der Waals surface area contributed by atoms with Crippen LogP contribution in [0.5, 0.6) is 5.75 Å². The number of nitrogen functional groups attached to an aromatic ring is 1. The summed E-state index contributed by atoms with van der Waals surface area (Å²) in [6.45, 7) is 3.98. The van der Waals surface area contributed by atoms with E-state index in [1.807, 2.05) is 38.1 Å². The minimum atomic E-state index is 0.636. The minimum Gasteiger partial charge on any atom is -0.497 e. The van der Waals surface area contributed by atoms with Crippen LogP contribution in [0.15, 0.2) is 30.5 Å². The number of methoxy groups -OCH3 is 1. The Morgan fingerprint density at radius 3 is 2.67 bits per heavy atom. The molecule has 1 aromatic heterocycles. The Hall–Kier alpha value is -2.23. The number of benzene rings is 1. The number of anilines is 3. The molecule has 18 heavy (non-hydrogen) atoms. The van der Waals surface area contributed by atoms with Crippen molar-refractivity contribution in [3.05, 3.63) is 41.6 Å². The SMILES string of the molecule is COc1ccc(C)c(Nc2ncc(C)cc2N)c1. The summed E-state index contributed by atoms with van der Waals surface area (Å²) in [7, 11) is 1.65. The number of aryl methyl sites for hydroxylation is 2. The summed E-state index contributed by atoms with van der Waals surface area (Å²) in [6.07, 6.45) is 1.79. The first-order chi connectivity index (χ1) is 8.60. The van der Waals surface area contributed by atoms with Gasteiger partial charge in [-0.3, -0.25) is 0 Å². The lowest BCUT2D eigenvalue weighted by Gasteiger charge is -2.12. The Bertz CT molecular complexity index is 567. The van der Waals surface area contributed by atoms with Gasteiger partial charge in [0.15, 0.2) is 5.82 Å². The number of hydrogen-bond acceptors (Lipinski definition) is 4. The summed E-state index contributed by atoms with van der Waals surface area (Å²) in [5, 5.41) is 3.23. The molecule has 0 amide bonds. The molecule has 0 radical (unpaired) electrons. The van der Waals surface area contributed by atoms with Crippen molar-refractivity contribution in [1.29, 1.82) is 0 Å². The maximum Gasteiger partial charge on any atom is 0.153 e. The molecule has 0 aliphatic carbocycles. The molecule has 0 atom stereocenters. The average molecular weight is 243 g/mol. The largest absolute Gasteiger partial charge is 0.497 e. The van der Waals surface area contributed by atoms with E-state index >= 15 is 0 Å². The molecule has 0 fully saturated rings. The van der Waals surface area contributed by atoms with Crippen molar-refractivity contribution in [1.82, 2.24) is 4.98 Å². The van der Waals surface area contributed by atoms with Gasteiger partial charge in [0.1, 0.15) is 5.75 Å². The second-order valence-electron chi connectivity index (χ2n) is 4.26. The van der Waals surface area contributed by atoms with E-state index in [0.29, 0.717) is 11.5 Å². The lowest BCUT2D eigenvalue weighted by atomic mass is 10.2. The van der Waals surface area contributed by atoms with E-state index in [9.17, 15) is 0 Å². The van der Waals surface area contributed by atoms with Crippen LogP contribution in [-0.2, 0) is 0 Å². The predicted octanol–water partition coefficient (Wildman–Crippen LogP) is 3.03. The number of aromatic nitrogens is 1. The molecule has 2 aromatic rings. The van der Waals surface area contributed by atoms with E-state index in [0.717, 1.165) is 22.6 Å².